The number of nitrogens with zero attached hydrogens (tertiary/aromatic N) is 2. The molecule has 5 heteroatoms. The summed E-state index contributed by atoms with van der Waals surface area (Å²) in [6.45, 7) is 8.61. The Bertz CT molecular complexity index is 416. The van der Waals surface area contributed by atoms with E-state index in [9.17, 15) is 4.79 Å². The summed E-state index contributed by atoms with van der Waals surface area (Å²) in [5.41, 5.74) is 0.864. The molecule has 1 fully saturated rings. The second-order valence-electron chi connectivity index (χ2n) is 4.98. The van der Waals surface area contributed by atoms with Crippen molar-refractivity contribution >= 4 is 5.91 Å². The van der Waals surface area contributed by atoms with E-state index in [1.165, 1.54) is 0 Å². The van der Waals surface area contributed by atoms with Crippen LogP contribution in [0.4, 0.5) is 0 Å². The fourth-order valence-electron chi connectivity index (χ4n) is 2.12. The van der Waals surface area contributed by atoms with Gasteiger partial charge in [0.1, 0.15) is 0 Å². The van der Waals surface area contributed by atoms with Gasteiger partial charge < -0.3 is 14.7 Å². The van der Waals surface area contributed by atoms with Crippen molar-refractivity contribution in [2.45, 2.75) is 39.2 Å². The molecule has 0 aliphatic carbocycles. The van der Waals surface area contributed by atoms with Gasteiger partial charge in [-0.1, -0.05) is 19.0 Å². The van der Waals surface area contributed by atoms with E-state index in [0.717, 1.165) is 31.7 Å². The van der Waals surface area contributed by atoms with Crippen LogP contribution in [0.1, 0.15) is 49.4 Å². The van der Waals surface area contributed by atoms with Crippen LogP contribution < -0.4 is 5.32 Å². The summed E-state index contributed by atoms with van der Waals surface area (Å²) in [5, 5.41) is 7.25. The Morgan fingerprint density at radius 1 is 1.72 bits per heavy atom. The second kappa shape index (κ2) is 5.52. The summed E-state index contributed by atoms with van der Waals surface area (Å²) in [6, 6.07) is 1.98. The molecule has 2 atom stereocenters. The van der Waals surface area contributed by atoms with Gasteiger partial charge in [0.25, 0.3) is 5.91 Å². The van der Waals surface area contributed by atoms with E-state index >= 15 is 0 Å². The van der Waals surface area contributed by atoms with Gasteiger partial charge in [0.05, 0.1) is 5.69 Å². The SMILES string of the molecule is CCC(C)c1cc(C(=O)N2CCNC[C@H]2C)on1. The Kier molecular flexibility index (Phi) is 4.01. The van der Waals surface area contributed by atoms with Crippen molar-refractivity contribution in [3.63, 3.8) is 0 Å². The highest BCUT2D eigenvalue weighted by Gasteiger charge is 2.27. The van der Waals surface area contributed by atoms with Crippen molar-refractivity contribution in [3.8, 4) is 0 Å². The maximum Gasteiger partial charge on any atom is 0.292 e. The Hall–Kier alpha value is -1.36. The number of amides is 1. The zero-order valence-corrected chi connectivity index (χ0v) is 11.3. The maximum atomic E-state index is 12.3. The molecule has 1 aliphatic heterocycles. The van der Waals surface area contributed by atoms with Crippen LogP contribution >= 0.6 is 0 Å². The van der Waals surface area contributed by atoms with E-state index < -0.39 is 0 Å². The Balaban J connectivity index is 2.10. The summed E-state index contributed by atoms with van der Waals surface area (Å²) in [6.07, 6.45) is 0.990. The fourth-order valence-corrected chi connectivity index (χ4v) is 2.12. The molecule has 100 valence electrons. The van der Waals surface area contributed by atoms with Gasteiger partial charge in [-0.25, -0.2) is 0 Å². The van der Waals surface area contributed by atoms with Crippen molar-refractivity contribution in [2.75, 3.05) is 19.6 Å². The molecular weight excluding hydrogens is 230 g/mol. The molecule has 1 aliphatic rings. The molecule has 1 N–H and O–H groups in total. The average Bonchev–Trinajstić information content (AvgIpc) is 2.87. The molecular formula is C13H21N3O2. The van der Waals surface area contributed by atoms with Crippen LogP contribution in [0.5, 0.6) is 0 Å². The van der Waals surface area contributed by atoms with Crippen molar-refractivity contribution in [1.82, 2.24) is 15.4 Å². The summed E-state index contributed by atoms with van der Waals surface area (Å²) < 4.78 is 5.19. The quantitative estimate of drug-likeness (QED) is 0.887. The van der Waals surface area contributed by atoms with E-state index in [4.69, 9.17) is 4.52 Å². The van der Waals surface area contributed by atoms with Gasteiger partial charge in [0.2, 0.25) is 5.76 Å². The van der Waals surface area contributed by atoms with Crippen LogP contribution in [0.2, 0.25) is 0 Å². The molecule has 18 heavy (non-hydrogen) atoms. The number of nitrogens with one attached hydrogen (secondary N) is 1. The standard InChI is InChI=1S/C13H21N3O2/c1-4-9(2)11-7-12(18-15-11)13(17)16-6-5-14-8-10(16)3/h7,9-10,14H,4-6,8H2,1-3H3/t9?,10-/m1/s1. The highest BCUT2D eigenvalue weighted by Crippen LogP contribution is 2.19. The van der Waals surface area contributed by atoms with Gasteiger partial charge in [0.15, 0.2) is 0 Å². The van der Waals surface area contributed by atoms with E-state index in [1.54, 1.807) is 6.07 Å². The normalized spacial score (nSPS) is 21.9. The fraction of sp³-hybridized carbons (Fsp3) is 0.692. The van der Waals surface area contributed by atoms with Crippen molar-refractivity contribution in [1.29, 1.82) is 0 Å². The summed E-state index contributed by atoms with van der Waals surface area (Å²) >= 11 is 0. The summed E-state index contributed by atoms with van der Waals surface area (Å²) in [5.74, 6) is 0.640. The van der Waals surface area contributed by atoms with Crippen molar-refractivity contribution in [2.24, 2.45) is 0 Å². The largest absolute Gasteiger partial charge is 0.351 e. The third-order valence-electron chi connectivity index (χ3n) is 3.62. The first kappa shape index (κ1) is 13.1. The molecule has 0 aromatic carbocycles. The van der Waals surface area contributed by atoms with Gasteiger partial charge in [-0.05, 0) is 13.3 Å². The predicted octanol–water partition coefficient (Wildman–Crippen LogP) is 1.62. The van der Waals surface area contributed by atoms with Gasteiger partial charge in [-0.15, -0.1) is 0 Å². The maximum absolute atomic E-state index is 12.3. The number of hydrogen-bond acceptors (Lipinski definition) is 4. The van der Waals surface area contributed by atoms with Crippen LogP contribution in [0.25, 0.3) is 0 Å². The molecule has 0 bridgehead atoms. The predicted molar refractivity (Wildman–Crippen MR) is 68.6 cm³/mol. The Morgan fingerprint density at radius 2 is 2.50 bits per heavy atom. The molecule has 2 rings (SSSR count). The topological polar surface area (TPSA) is 58.4 Å². The molecule has 1 aromatic rings. The highest BCUT2D eigenvalue weighted by molar-refractivity contribution is 5.91. The van der Waals surface area contributed by atoms with Crippen LogP contribution in [0.15, 0.2) is 10.6 Å². The first-order valence-electron chi connectivity index (χ1n) is 6.61. The number of aromatic nitrogens is 1. The molecule has 1 unspecified atom stereocenters. The number of carbonyl (C=O) groups excluding carboxylic acids is 1. The van der Waals surface area contributed by atoms with E-state index in [1.807, 2.05) is 11.8 Å². The smallest absolute Gasteiger partial charge is 0.292 e. The highest BCUT2D eigenvalue weighted by atomic mass is 16.5. The zero-order chi connectivity index (χ0) is 13.1. The third-order valence-corrected chi connectivity index (χ3v) is 3.62. The Labute approximate surface area is 108 Å². The lowest BCUT2D eigenvalue weighted by atomic mass is 10.1. The summed E-state index contributed by atoms with van der Waals surface area (Å²) in [4.78, 5) is 14.1. The minimum atomic E-state index is -0.0500. The van der Waals surface area contributed by atoms with Crippen molar-refractivity contribution < 1.29 is 9.32 Å². The van der Waals surface area contributed by atoms with E-state index in [0.29, 0.717) is 11.7 Å². The first-order valence-corrected chi connectivity index (χ1v) is 6.61. The van der Waals surface area contributed by atoms with Crippen LogP contribution in [-0.4, -0.2) is 41.6 Å². The minimum absolute atomic E-state index is 0.0500. The molecule has 5 nitrogen and oxygen atoms in total. The number of hydrogen-bond donors (Lipinski definition) is 1. The third kappa shape index (κ3) is 2.56. The average molecular weight is 251 g/mol. The molecule has 2 heterocycles. The van der Waals surface area contributed by atoms with Crippen LogP contribution in [-0.2, 0) is 0 Å². The summed E-state index contributed by atoms with van der Waals surface area (Å²) in [7, 11) is 0. The number of piperazine rings is 1. The number of carbonyl (C=O) groups is 1. The molecule has 0 radical (unpaired) electrons. The molecule has 0 spiro atoms. The zero-order valence-electron chi connectivity index (χ0n) is 11.3. The lowest BCUT2D eigenvalue weighted by Crippen LogP contribution is -2.52. The first-order chi connectivity index (χ1) is 8.63. The van der Waals surface area contributed by atoms with Crippen LogP contribution in [0.3, 0.4) is 0 Å². The molecule has 1 amide bonds. The second-order valence-corrected chi connectivity index (χ2v) is 4.98. The molecule has 1 aromatic heterocycles. The molecule has 0 saturated carbocycles. The van der Waals surface area contributed by atoms with E-state index in [2.05, 4.69) is 24.3 Å². The lowest BCUT2D eigenvalue weighted by molar-refractivity contribution is 0.0613. The monoisotopic (exact) mass is 251 g/mol. The number of rotatable bonds is 3. The minimum Gasteiger partial charge on any atom is -0.351 e. The van der Waals surface area contributed by atoms with Gasteiger partial charge in [-0.2, -0.15) is 0 Å². The van der Waals surface area contributed by atoms with Gasteiger partial charge in [-0.3, -0.25) is 4.79 Å². The van der Waals surface area contributed by atoms with Crippen LogP contribution in [0, 0.1) is 0 Å². The van der Waals surface area contributed by atoms with Crippen molar-refractivity contribution in [3.05, 3.63) is 17.5 Å². The van der Waals surface area contributed by atoms with Gasteiger partial charge in [0, 0.05) is 37.7 Å². The van der Waals surface area contributed by atoms with Gasteiger partial charge >= 0.3 is 0 Å². The molecule has 1 saturated heterocycles. The Morgan fingerprint density at radius 3 is 3.17 bits per heavy atom. The van der Waals surface area contributed by atoms with E-state index in [-0.39, 0.29) is 11.9 Å². The lowest BCUT2D eigenvalue weighted by Gasteiger charge is -2.33.